The first-order valence-electron chi connectivity index (χ1n) is 6.60. The molecule has 5 nitrogen and oxygen atoms in total. The van der Waals surface area contributed by atoms with Crippen LogP contribution in [0, 0.1) is 0 Å². The van der Waals surface area contributed by atoms with Crippen molar-refractivity contribution >= 4 is 5.91 Å². The first-order valence-corrected chi connectivity index (χ1v) is 6.60. The van der Waals surface area contributed by atoms with Crippen LogP contribution < -0.4 is 0 Å². The van der Waals surface area contributed by atoms with Crippen LogP contribution in [0.4, 0.5) is 0 Å². The Morgan fingerprint density at radius 2 is 2.00 bits per heavy atom. The van der Waals surface area contributed by atoms with E-state index in [0.29, 0.717) is 5.56 Å². The number of carbonyl (C=O) groups excluding carboxylic acids is 1. The molecule has 1 aliphatic rings. The van der Waals surface area contributed by atoms with Gasteiger partial charge in [-0.3, -0.25) is 4.79 Å². The van der Waals surface area contributed by atoms with E-state index in [-0.39, 0.29) is 5.91 Å². The van der Waals surface area contributed by atoms with Crippen molar-refractivity contribution in [2.24, 2.45) is 0 Å². The molecule has 1 saturated heterocycles. The molecule has 3 heterocycles. The van der Waals surface area contributed by atoms with Gasteiger partial charge in [-0.25, -0.2) is 9.67 Å². The molecule has 1 fully saturated rings. The quantitative estimate of drug-likeness (QED) is 0.824. The molecule has 3 rings (SSSR count). The first-order chi connectivity index (χ1) is 9.34. The van der Waals surface area contributed by atoms with Gasteiger partial charge in [0.2, 0.25) is 0 Å². The van der Waals surface area contributed by atoms with Crippen molar-refractivity contribution in [3.63, 3.8) is 0 Å². The monoisotopic (exact) mass is 256 g/mol. The third kappa shape index (κ3) is 2.50. The van der Waals surface area contributed by atoms with E-state index in [1.54, 1.807) is 17.1 Å². The Morgan fingerprint density at radius 1 is 1.16 bits per heavy atom. The van der Waals surface area contributed by atoms with Gasteiger partial charge in [0.1, 0.15) is 0 Å². The Bertz CT molecular complexity index is 541. The lowest BCUT2D eigenvalue weighted by molar-refractivity contribution is 0.0724. The van der Waals surface area contributed by atoms with Gasteiger partial charge in [0.05, 0.1) is 5.56 Å². The lowest BCUT2D eigenvalue weighted by Crippen LogP contribution is -2.35. The average molecular weight is 256 g/mol. The summed E-state index contributed by atoms with van der Waals surface area (Å²) < 4.78 is 1.68. The molecule has 0 aromatic carbocycles. The lowest BCUT2D eigenvalue weighted by atomic mass is 10.1. The van der Waals surface area contributed by atoms with Gasteiger partial charge in [0.15, 0.2) is 5.82 Å². The number of rotatable bonds is 2. The summed E-state index contributed by atoms with van der Waals surface area (Å²) in [5.41, 5.74) is 0.651. The molecule has 2 aromatic rings. The summed E-state index contributed by atoms with van der Waals surface area (Å²) in [5.74, 6) is 0.805. The molecule has 0 unspecified atom stereocenters. The van der Waals surface area contributed by atoms with Crippen molar-refractivity contribution < 1.29 is 4.79 Å². The van der Waals surface area contributed by atoms with Gasteiger partial charge in [-0.15, -0.1) is 0 Å². The zero-order valence-electron chi connectivity index (χ0n) is 10.7. The van der Waals surface area contributed by atoms with E-state index < -0.39 is 0 Å². The second-order valence-electron chi connectivity index (χ2n) is 4.71. The molecule has 0 aliphatic carbocycles. The summed E-state index contributed by atoms with van der Waals surface area (Å²) in [5, 5.41) is 4.11. The minimum atomic E-state index is 0.0826. The van der Waals surface area contributed by atoms with Gasteiger partial charge in [0, 0.05) is 31.7 Å². The van der Waals surface area contributed by atoms with Gasteiger partial charge in [0.25, 0.3) is 5.91 Å². The smallest absolute Gasteiger partial charge is 0.255 e. The fourth-order valence-corrected chi connectivity index (χ4v) is 2.33. The van der Waals surface area contributed by atoms with Crippen LogP contribution in [0.3, 0.4) is 0 Å². The van der Waals surface area contributed by atoms with Crippen LogP contribution in [0.1, 0.15) is 29.6 Å². The Balaban J connectivity index is 1.76. The van der Waals surface area contributed by atoms with Crippen LogP contribution in [0.5, 0.6) is 0 Å². The Labute approximate surface area is 111 Å². The van der Waals surface area contributed by atoms with Crippen molar-refractivity contribution in [2.45, 2.75) is 19.3 Å². The molecule has 0 radical (unpaired) electrons. The minimum Gasteiger partial charge on any atom is -0.339 e. The lowest BCUT2D eigenvalue weighted by Gasteiger charge is -2.26. The number of carbonyl (C=O) groups is 1. The van der Waals surface area contributed by atoms with Gasteiger partial charge in [-0.1, -0.05) is 0 Å². The summed E-state index contributed by atoms with van der Waals surface area (Å²) >= 11 is 0. The maximum atomic E-state index is 12.3. The largest absolute Gasteiger partial charge is 0.339 e. The molecule has 98 valence electrons. The molecule has 0 atom stereocenters. The Kier molecular flexibility index (Phi) is 3.27. The predicted octanol–water partition coefficient (Wildman–Crippen LogP) is 1.89. The highest BCUT2D eigenvalue weighted by Crippen LogP contribution is 2.13. The van der Waals surface area contributed by atoms with E-state index in [4.69, 9.17) is 0 Å². The van der Waals surface area contributed by atoms with E-state index in [9.17, 15) is 4.79 Å². The molecule has 5 heteroatoms. The molecule has 0 N–H and O–H groups in total. The van der Waals surface area contributed by atoms with E-state index >= 15 is 0 Å². The van der Waals surface area contributed by atoms with Gasteiger partial charge in [-0.2, -0.15) is 5.10 Å². The number of pyridine rings is 1. The summed E-state index contributed by atoms with van der Waals surface area (Å²) in [7, 11) is 0. The van der Waals surface area contributed by atoms with Gasteiger partial charge >= 0.3 is 0 Å². The van der Waals surface area contributed by atoms with Crippen molar-refractivity contribution in [3.05, 3.63) is 42.4 Å². The van der Waals surface area contributed by atoms with Crippen molar-refractivity contribution in [2.75, 3.05) is 13.1 Å². The first kappa shape index (κ1) is 11.9. The van der Waals surface area contributed by atoms with Crippen LogP contribution in [-0.2, 0) is 0 Å². The number of likely N-dealkylation sites (tertiary alicyclic amines) is 1. The number of amides is 1. The van der Waals surface area contributed by atoms with Crippen molar-refractivity contribution in [1.29, 1.82) is 0 Å². The second-order valence-corrected chi connectivity index (χ2v) is 4.71. The summed E-state index contributed by atoms with van der Waals surface area (Å²) in [6.45, 7) is 1.72. The summed E-state index contributed by atoms with van der Waals surface area (Å²) in [6, 6.07) is 5.49. The predicted molar refractivity (Wildman–Crippen MR) is 71.1 cm³/mol. The van der Waals surface area contributed by atoms with E-state index in [0.717, 1.165) is 31.7 Å². The summed E-state index contributed by atoms with van der Waals surface area (Å²) in [4.78, 5) is 18.5. The highest BCUT2D eigenvalue weighted by atomic mass is 16.2. The molecule has 0 spiro atoms. The zero-order valence-corrected chi connectivity index (χ0v) is 10.7. The van der Waals surface area contributed by atoms with Crippen molar-refractivity contribution in [3.8, 4) is 5.82 Å². The molecule has 1 aliphatic heterocycles. The fraction of sp³-hybridized carbons (Fsp3) is 0.357. The Hall–Kier alpha value is -2.17. The highest BCUT2D eigenvalue weighted by molar-refractivity contribution is 5.94. The average Bonchev–Trinajstić information content (AvgIpc) is 3.02. The Morgan fingerprint density at radius 3 is 2.63 bits per heavy atom. The maximum absolute atomic E-state index is 12.3. The third-order valence-corrected chi connectivity index (χ3v) is 3.38. The maximum Gasteiger partial charge on any atom is 0.255 e. The zero-order chi connectivity index (χ0) is 13.1. The van der Waals surface area contributed by atoms with Crippen LogP contribution in [-0.4, -0.2) is 38.7 Å². The van der Waals surface area contributed by atoms with Gasteiger partial charge in [-0.05, 0) is 37.5 Å². The van der Waals surface area contributed by atoms with Crippen LogP contribution >= 0.6 is 0 Å². The SMILES string of the molecule is O=C(c1ccc(-n2cccn2)nc1)N1CCCCC1. The van der Waals surface area contributed by atoms with Crippen LogP contribution in [0.15, 0.2) is 36.8 Å². The molecule has 1 amide bonds. The highest BCUT2D eigenvalue weighted by Gasteiger charge is 2.18. The summed E-state index contributed by atoms with van der Waals surface area (Å²) in [6.07, 6.45) is 8.59. The number of hydrogen-bond donors (Lipinski definition) is 0. The number of hydrogen-bond acceptors (Lipinski definition) is 3. The number of aromatic nitrogens is 3. The minimum absolute atomic E-state index is 0.0826. The second kappa shape index (κ2) is 5.22. The number of piperidine rings is 1. The van der Waals surface area contributed by atoms with Crippen LogP contribution in [0.2, 0.25) is 0 Å². The molecule has 0 saturated carbocycles. The molecular formula is C14H16N4O. The van der Waals surface area contributed by atoms with E-state index in [1.165, 1.54) is 6.42 Å². The van der Waals surface area contributed by atoms with Gasteiger partial charge < -0.3 is 4.90 Å². The molecule has 2 aromatic heterocycles. The number of nitrogens with zero attached hydrogens (tertiary/aromatic N) is 4. The third-order valence-electron chi connectivity index (χ3n) is 3.38. The van der Waals surface area contributed by atoms with E-state index in [2.05, 4.69) is 10.1 Å². The fourth-order valence-electron chi connectivity index (χ4n) is 2.33. The molecule has 0 bridgehead atoms. The standard InChI is InChI=1S/C14H16N4O/c19-14(17-8-2-1-3-9-17)12-5-6-13(15-11-12)18-10-4-7-16-18/h4-7,10-11H,1-3,8-9H2. The normalized spacial score (nSPS) is 15.5. The topological polar surface area (TPSA) is 51.0 Å². The molecule has 19 heavy (non-hydrogen) atoms. The van der Waals surface area contributed by atoms with Crippen LogP contribution in [0.25, 0.3) is 5.82 Å². The van der Waals surface area contributed by atoms with E-state index in [1.807, 2.05) is 29.3 Å². The van der Waals surface area contributed by atoms with Crippen molar-refractivity contribution in [1.82, 2.24) is 19.7 Å². The molecular weight excluding hydrogens is 240 g/mol.